The summed E-state index contributed by atoms with van der Waals surface area (Å²) in [5, 5.41) is 0. The van der Waals surface area contributed by atoms with Gasteiger partial charge in [0.1, 0.15) is 0 Å². The van der Waals surface area contributed by atoms with Crippen molar-refractivity contribution in [2.24, 2.45) is 5.41 Å². The van der Waals surface area contributed by atoms with E-state index in [0.717, 1.165) is 0 Å². The number of benzene rings is 1. The van der Waals surface area contributed by atoms with Crippen LogP contribution in [0.2, 0.25) is 0 Å². The highest BCUT2D eigenvalue weighted by Crippen LogP contribution is 2.59. The molecule has 2 heteroatoms. The highest BCUT2D eigenvalue weighted by atomic mass is 79.9. The molecular formula is C18H23BrO. The number of halogens is 1. The van der Waals surface area contributed by atoms with Gasteiger partial charge in [-0.15, -0.1) is 0 Å². The van der Waals surface area contributed by atoms with Crippen LogP contribution in [0.3, 0.4) is 0 Å². The minimum absolute atomic E-state index is 0.349. The van der Waals surface area contributed by atoms with Crippen molar-refractivity contribution in [3.8, 4) is 0 Å². The predicted molar refractivity (Wildman–Crippen MR) is 85.2 cm³/mol. The lowest BCUT2D eigenvalue weighted by atomic mass is 9.64. The van der Waals surface area contributed by atoms with Crippen molar-refractivity contribution in [3.63, 3.8) is 0 Å². The van der Waals surface area contributed by atoms with Crippen molar-refractivity contribution in [3.05, 3.63) is 35.4 Å². The summed E-state index contributed by atoms with van der Waals surface area (Å²) in [6, 6.07) is 8.90. The lowest BCUT2D eigenvalue weighted by molar-refractivity contribution is -0.139. The van der Waals surface area contributed by atoms with Gasteiger partial charge in [0, 0.05) is 10.2 Å². The standard InChI is InChI=1S/C18H23BrO/c19-16-12-17(18(16)10-3-4-11-18)20-15-9-5-7-13-6-1-2-8-14(13)15/h1-2,6,8,15-17H,3-5,7,9-12H2. The Morgan fingerprint density at radius 3 is 2.70 bits per heavy atom. The number of aryl methyl sites for hydroxylation is 1. The summed E-state index contributed by atoms with van der Waals surface area (Å²) < 4.78 is 6.63. The monoisotopic (exact) mass is 334 g/mol. The molecule has 0 bridgehead atoms. The summed E-state index contributed by atoms with van der Waals surface area (Å²) in [4.78, 5) is 0.696. The highest BCUT2D eigenvalue weighted by molar-refractivity contribution is 9.09. The van der Waals surface area contributed by atoms with Crippen LogP contribution in [0.4, 0.5) is 0 Å². The molecule has 0 saturated heterocycles. The second kappa shape index (κ2) is 5.14. The predicted octanol–water partition coefficient (Wildman–Crippen LogP) is 5.18. The highest BCUT2D eigenvalue weighted by Gasteiger charge is 2.56. The number of hydrogen-bond acceptors (Lipinski definition) is 1. The van der Waals surface area contributed by atoms with Gasteiger partial charge in [0.15, 0.2) is 0 Å². The van der Waals surface area contributed by atoms with E-state index in [1.54, 1.807) is 0 Å². The van der Waals surface area contributed by atoms with Crippen molar-refractivity contribution >= 4 is 15.9 Å². The zero-order valence-corrected chi connectivity index (χ0v) is 13.6. The van der Waals surface area contributed by atoms with Crippen LogP contribution in [-0.4, -0.2) is 10.9 Å². The summed E-state index contributed by atoms with van der Waals surface area (Å²) in [6.45, 7) is 0. The lowest BCUT2D eigenvalue weighted by Crippen LogP contribution is -2.54. The van der Waals surface area contributed by atoms with E-state index in [-0.39, 0.29) is 0 Å². The largest absolute Gasteiger partial charge is 0.370 e. The Labute approximate surface area is 130 Å². The molecule has 20 heavy (non-hydrogen) atoms. The molecule has 1 aromatic carbocycles. The number of ether oxygens (including phenoxy) is 1. The van der Waals surface area contributed by atoms with Crippen LogP contribution in [0.25, 0.3) is 0 Å². The molecule has 108 valence electrons. The van der Waals surface area contributed by atoms with Gasteiger partial charge in [-0.05, 0) is 49.7 Å². The zero-order chi connectivity index (χ0) is 13.6. The van der Waals surface area contributed by atoms with Crippen LogP contribution >= 0.6 is 15.9 Å². The normalized spacial score (nSPS) is 34.8. The van der Waals surface area contributed by atoms with E-state index in [0.29, 0.717) is 22.5 Å². The van der Waals surface area contributed by atoms with Crippen molar-refractivity contribution < 1.29 is 4.74 Å². The molecule has 1 spiro atoms. The maximum atomic E-state index is 6.63. The summed E-state index contributed by atoms with van der Waals surface area (Å²) in [6.07, 6.45) is 11.3. The number of rotatable bonds is 2. The van der Waals surface area contributed by atoms with Crippen molar-refractivity contribution in [1.82, 2.24) is 0 Å². The summed E-state index contributed by atoms with van der Waals surface area (Å²) in [5.41, 5.74) is 3.44. The van der Waals surface area contributed by atoms with Gasteiger partial charge in [0.25, 0.3) is 0 Å². The first-order chi connectivity index (χ1) is 9.79. The fraction of sp³-hybridized carbons (Fsp3) is 0.667. The number of fused-ring (bicyclic) bond motifs is 1. The first-order valence-corrected chi connectivity index (χ1v) is 9.08. The average Bonchev–Trinajstić information content (AvgIpc) is 3.00. The Morgan fingerprint density at radius 1 is 1.10 bits per heavy atom. The van der Waals surface area contributed by atoms with Crippen molar-refractivity contribution in [1.29, 1.82) is 0 Å². The van der Waals surface area contributed by atoms with Crippen LogP contribution in [0.5, 0.6) is 0 Å². The van der Waals surface area contributed by atoms with Crippen LogP contribution in [0.1, 0.15) is 62.2 Å². The molecule has 3 aliphatic carbocycles. The van der Waals surface area contributed by atoms with E-state index >= 15 is 0 Å². The second-order valence-corrected chi connectivity index (χ2v) is 7.95. The van der Waals surface area contributed by atoms with Crippen molar-refractivity contribution in [2.45, 2.75) is 68.4 Å². The Balaban J connectivity index is 1.53. The summed E-state index contributed by atoms with van der Waals surface area (Å²) >= 11 is 3.90. The van der Waals surface area contributed by atoms with Crippen molar-refractivity contribution in [2.75, 3.05) is 0 Å². The second-order valence-electron chi connectivity index (χ2n) is 6.85. The van der Waals surface area contributed by atoms with Gasteiger partial charge >= 0.3 is 0 Å². The molecule has 0 aliphatic heterocycles. The first-order valence-electron chi connectivity index (χ1n) is 8.17. The third kappa shape index (κ3) is 1.99. The van der Waals surface area contributed by atoms with E-state index in [9.17, 15) is 0 Å². The smallest absolute Gasteiger partial charge is 0.0831 e. The molecule has 0 aromatic heterocycles. The molecule has 3 aliphatic rings. The van der Waals surface area contributed by atoms with Crippen LogP contribution in [0.15, 0.2) is 24.3 Å². The fourth-order valence-corrected chi connectivity index (χ4v) is 5.70. The molecule has 0 amide bonds. The van der Waals surface area contributed by atoms with Gasteiger partial charge in [-0.1, -0.05) is 53.0 Å². The molecule has 0 heterocycles. The molecular weight excluding hydrogens is 312 g/mol. The lowest BCUT2D eigenvalue weighted by Gasteiger charge is -2.53. The molecule has 2 fully saturated rings. The fourth-order valence-electron chi connectivity index (χ4n) is 4.61. The van der Waals surface area contributed by atoms with Gasteiger partial charge in [0.2, 0.25) is 0 Å². The van der Waals surface area contributed by atoms with Crippen LogP contribution in [-0.2, 0) is 11.2 Å². The third-order valence-electron chi connectivity index (χ3n) is 5.86. The molecule has 4 rings (SSSR count). The van der Waals surface area contributed by atoms with Gasteiger partial charge in [-0.2, -0.15) is 0 Å². The topological polar surface area (TPSA) is 9.23 Å². The SMILES string of the molecule is BrC1CC(OC2CCCc3ccccc32)C12CCCC2. The third-order valence-corrected chi connectivity index (χ3v) is 7.15. The van der Waals surface area contributed by atoms with Gasteiger partial charge in [-0.25, -0.2) is 0 Å². The maximum Gasteiger partial charge on any atom is 0.0831 e. The summed E-state index contributed by atoms with van der Waals surface area (Å²) in [5.74, 6) is 0. The Kier molecular flexibility index (Phi) is 3.42. The summed E-state index contributed by atoms with van der Waals surface area (Å²) in [7, 11) is 0. The van der Waals surface area contributed by atoms with Gasteiger partial charge in [-0.3, -0.25) is 0 Å². The number of hydrogen-bond donors (Lipinski definition) is 0. The molecule has 1 nitrogen and oxygen atoms in total. The minimum Gasteiger partial charge on any atom is -0.370 e. The zero-order valence-electron chi connectivity index (χ0n) is 12.0. The molecule has 0 radical (unpaired) electrons. The quantitative estimate of drug-likeness (QED) is 0.677. The average molecular weight is 335 g/mol. The van der Waals surface area contributed by atoms with Gasteiger partial charge in [0.05, 0.1) is 12.2 Å². The van der Waals surface area contributed by atoms with Gasteiger partial charge < -0.3 is 4.74 Å². The van der Waals surface area contributed by atoms with E-state index in [2.05, 4.69) is 40.2 Å². The van der Waals surface area contributed by atoms with Crippen LogP contribution < -0.4 is 0 Å². The first kappa shape index (κ1) is 13.3. The molecule has 0 N–H and O–H groups in total. The Hall–Kier alpha value is -0.340. The maximum absolute atomic E-state index is 6.63. The van der Waals surface area contributed by atoms with E-state index in [4.69, 9.17) is 4.74 Å². The van der Waals surface area contributed by atoms with Crippen LogP contribution in [0, 0.1) is 5.41 Å². The number of alkyl halides is 1. The van der Waals surface area contributed by atoms with E-state index in [1.807, 2.05) is 0 Å². The van der Waals surface area contributed by atoms with E-state index < -0.39 is 0 Å². The molecule has 2 saturated carbocycles. The minimum atomic E-state index is 0.349. The molecule has 1 aromatic rings. The Morgan fingerprint density at radius 2 is 1.90 bits per heavy atom. The molecule has 3 unspecified atom stereocenters. The Bertz CT molecular complexity index is 492. The van der Waals surface area contributed by atoms with E-state index in [1.165, 1.54) is 62.5 Å². The molecule has 3 atom stereocenters.